The van der Waals surface area contributed by atoms with Crippen molar-refractivity contribution in [3.8, 4) is 0 Å². The Morgan fingerprint density at radius 3 is 2.47 bits per heavy atom. The lowest BCUT2D eigenvalue weighted by molar-refractivity contribution is 0.0775. The summed E-state index contributed by atoms with van der Waals surface area (Å²) in [6.45, 7) is 4.87. The fourth-order valence-corrected chi connectivity index (χ4v) is 2.90. The maximum Gasteiger partial charge on any atom is 0.0625 e. The molecule has 1 atom stereocenters. The molecule has 2 aliphatic heterocycles. The molecule has 0 aromatic rings. The van der Waals surface area contributed by atoms with Gasteiger partial charge in [0.25, 0.3) is 0 Å². The first-order valence-corrected chi connectivity index (χ1v) is 6.43. The number of nitrogens with one attached hydrogen (secondary N) is 1. The van der Waals surface area contributed by atoms with E-state index in [9.17, 15) is 5.11 Å². The van der Waals surface area contributed by atoms with Crippen LogP contribution in [0.2, 0.25) is 0 Å². The highest BCUT2D eigenvalue weighted by Crippen LogP contribution is 2.21. The number of likely N-dealkylation sites (tertiary alicyclic amines) is 1. The summed E-state index contributed by atoms with van der Waals surface area (Å²) >= 11 is 0. The Morgan fingerprint density at radius 1 is 1.07 bits per heavy atom. The van der Waals surface area contributed by atoms with E-state index in [0.717, 1.165) is 19.5 Å². The Kier molecular flexibility index (Phi) is 4.00. The summed E-state index contributed by atoms with van der Waals surface area (Å²) in [6, 6.07) is 0. The van der Waals surface area contributed by atoms with E-state index in [1.807, 2.05) is 0 Å². The predicted molar refractivity (Wildman–Crippen MR) is 62.0 cm³/mol. The minimum atomic E-state index is 0.00951. The lowest BCUT2D eigenvalue weighted by Gasteiger charge is -2.41. The molecular formula is C12H24N2O. The van der Waals surface area contributed by atoms with Crippen LogP contribution in [0.15, 0.2) is 0 Å². The van der Waals surface area contributed by atoms with E-state index in [-0.39, 0.29) is 5.54 Å². The van der Waals surface area contributed by atoms with Gasteiger partial charge in [-0.1, -0.05) is 12.8 Å². The van der Waals surface area contributed by atoms with Crippen LogP contribution in [-0.4, -0.2) is 48.3 Å². The van der Waals surface area contributed by atoms with Gasteiger partial charge < -0.3 is 15.3 Å². The molecule has 2 rings (SSSR count). The van der Waals surface area contributed by atoms with E-state index in [4.69, 9.17) is 0 Å². The quantitative estimate of drug-likeness (QED) is 0.732. The van der Waals surface area contributed by atoms with Gasteiger partial charge in [0.2, 0.25) is 0 Å². The Hall–Kier alpha value is -0.120. The molecule has 1 unspecified atom stereocenters. The summed E-state index contributed by atoms with van der Waals surface area (Å²) < 4.78 is 0. The Labute approximate surface area is 92.8 Å². The van der Waals surface area contributed by atoms with Crippen molar-refractivity contribution in [2.45, 2.75) is 44.1 Å². The van der Waals surface area contributed by atoms with Crippen LogP contribution in [0.1, 0.15) is 38.5 Å². The molecule has 0 aromatic carbocycles. The zero-order valence-electron chi connectivity index (χ0n) is 9.67. The van der Waals surface area contributed by atoms with Crippen molar-refractivity contribution in [2.24, 2.45) is 0 Å². The molecule has 0 aliphatic carbocycles. The summed E-state index contributed by atoms with van der Waals surface area (Å²) in [4.78, 5) is 2.53. The third kappa shape index (κ3) is 2.92. The standard InChI is InChI=1S/C12H24N2O/c15-11-12(6-2-3-7-13-12)10-14-8-4-1-5-9-14/h13,15H,1-11H2. The highest BCUT2D eigenvalue weighted by Gasteiger charge is 2.33. The summed E-state index contributed by atoms with van der Waals surface area (Å²) in [5.41, 5.74) is 0.00951. The van der Waals surface area contributed by atoms with Gasteiger partial charge in [-0.3, -0.25) is 0 Å². The van der Waals surface area contributed by atoms with Crippen molar-refractivity contribution in [1.29, 1.82) is 0 Å². The lowest BCUT2D eigenvalue weighted by Crippen LogP contribution is -2.58. The Morgan fingerprint density at radius 2 is 1.87 bits per heavy atom. The smallest absolute Gasteiger partial charge is 0.0625 e. The molecule has 2 N–H and O–H groups in total. The molecule has 15 heavy (non-hydrogen) atoms. The van der Waals surface area contributed by atoms with E-state index >= 15 is 0 Å². The predicted octanol–water partition coefficient (Wildman–Crippen LogP) is 0.977. The molecule has 0 radical (unpaired) electrons. The third-order valence-corrected chi connectivity index (χ3v) is 3.86. The Balaban J connectivity index is 1.87. The summed E-state index contributed by atoms with van der Waals surface area (Å²) in [5, 5.41) is 13.1. The van der Waals surface area contributed by atoms with E-state index in [1.54, 1.807) is 0 Å². The molecule has 0 saturated carbocycles. The third-order valence-electron chi connectivity index (χ3n) is 3.86. The fraction of sp³-hybridized carbons (Fsp3) is 1.00. The molecule has 0 bridgehead atoms. The van der Waals surface area contributed by atoms with E-state index in [1.165, 1.54) is 45.2 Å². The number of hydrogen-bond acceptors (Lipinski definition) is 3. The maximum absolute atomic E-state index is 9.58. The highest BCUT2D eigenvalue weighted by molar-refractivity contribution is 4.93. The first-order chi connectivity index (χ1) is 7.35. The van der Waals surface area contributed by atoms with Crippen LogP contribution in [0.3, 0.4) is 0 Å². The van der Waals surface area contributed by atoms with Crippen LogP contribution >= 0.6 is 0 Å². The SMILES string of the molecule is OCC1(CN2CCCCC2)CCCCN1. The number of piperidine rings is 2. The average Bonchev–Trinajstić information content (AvgIpc) is 2.32. The van der Waals surface area contributed by atoms with Gasteiger partial charge in [-0.15, -0.1) is 0 Å². The van der Waals surface area contributed by atoms with Crippen molar-refractivity contribution in [2.75, 3.05) is 32.8 Å². The van der Waals surface area contributed by atoms with Crippen LogP contribution in [-0.2, 0) is 0 Å². The van der Waals surface area contributed by atoms with E-state index in [2.05, 4.69) is 10.2 Å². The topological polar surface area (TPSA) is 35.5 Å². The number of nitrogens with zero attached hydrogens (tertiary/aromatic N) is 1. The van der Waals surface area contributed by atoms with Gasteiger partial charge in [0, 0.05) is 6.54 Å². The van der Waals surface area contributed by atoms with Crippen molar-refractivity contribution in [1.82, 2.24) is 10.2 Å². The van der Waals surface area contributed by atoms with Gasteiger partial charge in [0.05, 0.1) is 12.1 Å². The molecule has 2 heterocycles. The van der Waals surface area contributed by atoms with Crippen molar-refractivity contribution in [3.05, 3.63) is 0 Å². The molecule has 0 spiro atoms. The number of hydrogen-bond donors (Lipinski definition) is 2. The number of aliphatic hydroxyl groups excluding tert-OH is 1. The van der Waals surface area contributed by atoms with Gasteiger partial charge >= 0.3 is 0 Å². The van der Waals surface area contributed by atoms with Crippen LogP contribution in [0.5, 0.6) is 0 Å². The molecule has 88 valence electrons. The van der Waals surface area contributed by atoms with Crippen molar-refractivity contribution < 1.29 is 5.11 Å². The van der Waals surface area contributed by atoms with Crippen molar-refractivity contribution >= 4 is 0 Å². The second-order valence-electron chi connectivity index (χ2n) is 5.16. The van der Waals surface area contributed by atoms with Crippen LogP contribution in [0.25, 0.3) is 0 Å². The summed E-state index contributed by atoms with van der Waals surface area (Å²) in [5.74, 6) is 0. The molecule has 3 heteroatoms. The van der Waals surface area contributed by atoms with Crippen LogP contribution in [0.4, 0.5) is 0 Å². The highest BCUT2D eigenvalue weighted by atomic mass is 16.3. The molecule has 2 aliphatic rings. The normalized spacial score (nSPS) is 34.2. The average molecular weight is 212 g/mol. The van der Waals surface area contributed by atoms with Crippen molar-refractivity contribution in [3.63, 3.8) is 0 Å². The maximum atomic E-state index is 9.58. The van der Waals surface area contributed by atoms with E-state index < -0.39 is 0 Å². The minimum Gasteiger partial charge on any atom is -0.394 e. The molecule has 0 amide bonds. The van der Waals surface area contributed by atoms with Gasteiger partial charge in [0.1, 0.15) is 0 Å². The first-order valence-electron chi connectivity index (χ1n) is 6.43. The summed E-state index contributed by atoms with van der Waals surface area (Å²) in [7, 11) is 0. The lowest BCUT2D eigenvalue weighted by atomic mass is 9.88. The van der Waals surface area contributed by atoms with E-state index in [0.29, 0.717) is 6.61 Å². The number of rotatable bonds is 3. The molecule has 2 fully saturated rings. The summed E-state index contributed by atoms with van der Waals surface area (Å²) in [6.07, 6.45) is 7.72. The second-order valence-corrected chi connectivity index (χ2v) is 5.16. The molecular weight excluding hydrogens is 188 g/mol. The zero-order valence-corrected chi connectivity index (χ0v) is 9.67. The fourth-order valence-electron chi connectivity index (χ4n) is 2.90. The second kappa shape index (κ2) is 5.28. The van der Waals surface area contributed by atoms with Gasteiger partial charge in [-0.25, -0.2) is 0 Å². The molecule has 2 saturated heterocycles. The van der Waals surface area contributed by atoms with Gasteiger partial charge in [-0.2, -0.15) is 0 Å². The first kappa shape index (κ1) is 11.4. The Bertz CT molecular complexity index is 184. The number of aliphatic hydroxyl groups is 1. The molecule has 3 nitrogen and oxygen atoms in total. The zero-order chi connectivity index (χ0) is 10.6. The largest absolute Gasteiger partial charge is 0.394 e. The molecule has 0 aromatic heterocycles. The van der Waals surface area contributed by atoms with Gasteiger partial charge in [-0.05, 0) is 45.3 Å². The van der Waals surface area contributed by atoms with Crippen LogP contribution in [0, 0.1) is 0 Å². The van der Waals surface area contributed by atoms with Crippen LogP contribution < -0.4 is 5.32 Å². The van der Waals surface area contributed by atoms with Gasteiger partial charge in [0.15, 0.2) is 0 Å². The minimum absolute atomic E-state index is 0.00951. The monoisotopic (exact) mass is 212 g/mol.